The predicted molar refractivity (Wildman–Crippen MR) is 74.5 cm³/mol. The van der Waals surface area contributed by atoms with Crippen LogP contribution in [0.3, 0.4) is 0 Å². The van der Waals surface area contributed by atoms with Crippen molar-refractivity contribution in [3.05, 3.63) is 29.3 Å². The van der Waals surface area contributed by atoms with Gasteiger partial charge in [0, 0.05) is 17.9 Å². The van der Waals surface area contributed by atoms with Gasteiger partial charge in [-0.3, -0.25) is 0 Å². The van der Waals surface area contributed by atoms with Crippen LogP contribution in [0, 0.1) is 11.6 Å². The van der Waals surface area contributed by atoms with Crippen molar-refractivity contribution in [1.29, 1.82) is 0 Å². The molecule has 0 amide bonds. The van der Waals surface area contributed by atoms with E-state index in [0.29, 0.717) is 10.9 Å². The summed E-state index contributed by atoms with van der Waals surface area (Å²) in [6.07, 6.45) is 0. The SMILES string of the molecule is CC1CS(=O)(=O)CCN1c1c(F)cc(CBr)cc1F. The molecule has 7 heteroatoms. The normalized spacial score (nSPS) is 22.5. The molecule has 0 bridgehead atoms. The van der Waals surface area contributed by atoms with Gasteiger partial charge >= 0.3 is 0 Å². The monoisotopic (exact) mass is 353 g/mol. The van der Waals surface area contributed by atoms with Gasteiger partial charge in [0.2, 0.25) is 0 Å². The second-order valence-corrected chi connectivity index (χ2v) is 7.49. The summed E-state index contributed by atoms with van der Waals surface area (Å²) in [5, 5.41) is 0.366. The van der Waals surface area contributed by atoms with Crippen LogP contribution in [0.2, 0.25) is 0 Å². The molecule has 1 aliphatic heterocycles. The lowest BCUT2D eigenvalue weighted by Crippen LogP contribution is -2.47. The van der Waals surface area contributed by atoms with Crippen LogP contribution in [0.25, 0.3) is 0 Å². The average molecular weight is 354 g/mol. The third-order valence-corrected chi connectivity index (χ3v) is 5.63. The Labute approximate surface area is 119 Å². The van der Waals surface area contributed by atoms with Crippen molar-refractivity contribution in [2.24, 2.45) is 0 Å². The third-order valence-electron chi connectivity index (χ3n) is 3.19. The van der Waals surface area contributed by atoms with Gasteiger partial charge < -0.3 is 4.90 Å². The zero-order chi connectivity index (χ0) is 14.2. The fourth-order valence-electron chi connectivity index (χ4n) is 2.30. The fourth-order valence-corrected chi connectivity index (χ4v) is 4.18. The first kappa shape index (κ1) is 14.7. The number of sulfone groups is 1. The molecule has 3 nitrogen and oxygen atoms in total. The Morgan fingerprint density at radius 1 is 1.37 bits per heavy atom. The van der Waals surface area contributed by atoms with E-state index in [9.17, 15) is 17.2 Å². The second kappa shape index (κ2) is 5.36. The highest BCUT2D eigenvalue weighted by Crippen LogP contribution is 2.29. The Hall–Kier alpha value is -0.690. The van der Waals surface area contributed by atoms with Gasteiger partial charge in [-0.25, -0.2) is 17.2 Å². The molecular weight excluding hydrogens is 340 g/mol. The van der Waals surface area contributed by atoms with Crippen LogP contribution in [0.4, 0.5) is 14.5 Å². The highest BCUT2D eigenvalue weighted by molar-refractivity contribution is 9.08. The minimum atomic E-state index is -3.11. The van der Waals surface area contributed by atoms with Crippen molar-refractivity contribution in [1.82, 2.24) is 0 Å². The molecule has 1 fully saturated rings. The van der Waals surface area contributed by atoms with Gasteiger partial charge in [-0.1, -0.05) is 15.9 Å². The van der Waals surface area contributed by atoms with Gasteiger partial charge in [-0.05, 0) is 24.6 Å². The number of hydrogen-bond donors (Lipinski definition) is 0. The first-order valence-electron chi connectivity index (χ1n) is 5.85. The van der Waals surface area contributed by atoms with E-state index in [2.05, 4.69) is 15.9 Å². The van der Waals surface area contributed by atoms with Gasteiger partial charge in [0.15, 0.2) is 9.84 Å². The summed E-state index contributed by atoms with van der Waals surface area (Å²) >= 11 is 3.15. The predicted octanol–water partition coefficient (Wildman–Crippen LogP) is 2.48. The molecule has 0 aromatic heterocycles. The molecule has 0 saturated carbocycles. The summed E-state index contributed by atoms with van der Waals surface area (Å²) in [4.78, 5) is 1.49. The fraction of sp³-hybridized carbons (Fsp3) is 0.500. The molecule has 0 radical (unpaired) electrons. The molecule has 0 aliphatic carbocycles. The van der Waals surface area contributed by atoms with Gasteiger partial charge in [0.25, 0.3) is 0 Å². The highest BCUT2D eigenvalue weighted by atomic mass is 79.9. The van der Waals surface area contributed by atoms with Crippen LogP contribution in [0.5, 0.6) is 0 Å². The number of nitrogens with zero attached hydrogens (tertiary/aromatic N) is 1. The molecule has 1 aromatic rings. The summed E-state index contributed by atoms with van der Waals surface area (Å²) < 4.78 is 51.0. The third kappa shape index (κ3) is 3.08. The lowest BCUT2D eigenvalue weighted by atomic mass is 10.1. The van der Waals surface area contributed by atoms with E-state index >= 15 is 0 Å². The number of halogens is 3. The van der Waals surface area contributed by atoms with Gasteiger partial charge in [0.1, 0.15) is 17.3 Å². The molecule has 1 atom stereocenters. The van der Waals surface area contributed by atoms with Crippen molar-refractivity contribution in [3.63, 3.8) is 0 Å². The van der Waals surface area contributed by atoms with Crippen molar-refractivity contribution in [2.45, 2.75) is 18.3 Å². The largest absolute Gasteiger partial charge is 0.362 e. The summed E-state index contributed by atoms with van der Waals surface area (Å²) in [7, 11) is -3.11. The van der Waals surface area contributed by atoms with E-state index < -0.39 is 27.5 Å². The lowest BCUT2D eigenvalue weighted by Gasteiger charge is -2.35. The van der Waals surface area contributed by atoms with Crippen LogP contribution in [0.1, 0.15) is 12.5 Å². The molecule has 1 aliphatic rings. The second-order valence-electron chi connectivity index (χ2n) is 4.70. The average Bonchev–Trinajstić information content (AvgIpc) is 2.30. The molecule has 1 heterocycles. The maximum atomic E-state index is 14.0. The lowest BCUT2D eigenvalue weighted by molar-refractivity contribution is 0.538. The maximum Gasteiger partial charge on any atom is 0.154 e. The van der Waals surface area contributed by atoms with E-state index in [4.69, 9.17) is 0 Å². The smallest absolute Gasteiger partial charge is 0.154 e. The van der Waals surface area contributed by atoms with Crippen LogP contribution < -0.4 is 4.90 Å². The number of hydrogen-bond acceptors (Lipinski definition) is 3. The quantitative estimate of drug-likeness (QED) is 0.766. The zero-order valence-corrected chi connectivity index (χ0v) is 12.8. The zero-order valence-electron chi connectivity index (χ0n) is 10.4. The molecule has 1 aromatic carbocycles. The summed E-state index contributed by atoms with van der Waals surface area (Å²) in [5.74, 6) is -1.45. The van der Waals surface area contributed by atoms with Crippen LogP contribution in [-0.2, 0) is 15.2 Å². The van der Waals surface area contributed by atoms with Gasteiger partial charge in [-0.2, -0.15) is 0 Å². The Morgan fingerprint density at radius 2 is 1.95 bits per heavy atom. The van der Waals surface area contributed by atoms with Crippen molar-refractivity contribution >= 4 is 31.5 Å². The first-order valence-corrected chi connectivity index (χ1v) is 8.79. The Morgan fingerprint density at radius 3 is 2.42 bits per heavy atom. The van der Waals surface area contributed by atoms with E-state index in [1.807, 2.05) is 0 Å². The topological polar surface area (TPSA) is 37.4 Å². The molecule has 19 heavy (non-hydrogen) atoms. The van der Waals surface area contributed by atoms with Crippen molar-refractivity contribution in [3.8, 4) is 0 Å². The van der Waals surface area contributed by atoms with Crippen molar-refractivity contribution in [2.75, 3.05) is 23.0 Å². The number of rotatable bonds is 2. The van der Waals surface area contributed by atoms with Crippen LogP contribution in [-0.4, -0.2) is 32.5 Å². The minimum Gasteiger partial charge on any atom is -0.362 e. The highest BCUT2D eigenvalue weighted by Gasteiger charge is 2.31. The maximum absolute atomic E-state index is 14.0. The molecule has 1 saturated heterocycles. The summed E-state index contributed by atoms with van der Waals surface area (Å²) in [6.45, 7) is 1.78. The number of benzene rings is 1. The van der Waals surface area contributed by atoms with E-state index in [0.717, 1.165) is 0 Å². The molecule has 0 N–H and O–H groups in total. The Kier molecular flexibility index (Phi) is 4.15. The molecule has 106 valence electrons. The Balaban J connectivity index is 2.38. The molecule has 0 spiro atoms. The molecule has 2 rings (SSSR count). The first-order chi connectivity index (χ1) is 8.84. The van der Waals surface area contributed by atoms with E-state index in [1.165, 1.54) is 17.0 Å². The molecule has 1 unspecified atom stereocenters. The van der Waals surface area contributed by atoms with Gasteiger partial charge in [-0.15, -0.1) is 0 Å². The van der Waals surface area contributed by atoms with Crippen LogP contribution in [0.15, 0.2) is 12.1 Å². The molecular formula is C12H14BrF2NO2S. The number of alkyl halides is 1. The minimum absolute atomic E-state index is 0.0730. The summed E-state index contributed by atoms with van der Waals surface area (Å²) in [5.41, 5.74) is 0.378. The standard InChI is InChI=1S/C12H14BrF2NO2S/c1-8-7-19(17,18)3-2-16(8)12-10(14)4-9(6-13)5-11(12)15/h4-5,8H,2-3,6-7H2,1H3. The van der Waals surface area contributed by atoms with E-state index in [-0.39, 0.29) is 23.7 Å². The Bertz CT molecular complexity index is 568. The van der Waals surface area contributed by atoms with E-state index in [1.54, 1.807) is 6.92 Å². The van der Waals surface area contributed by atoms with Gasteiger partial charge in [0.05, 0.1) is 11.5 Å². The van der Waals surface area contributed by atoms with Crippen LogP contribution >= 0.6 is 15.9 Å². The summed E-state index contributed by atoms with van der Waals surface area (Å²) in [6, 6.07) is 2.10. The van der Waals surface area contributed by atoms with Crippen molar-refractivity contribution < 1.29 is 17.2 Å². The number of anilines is 1.